The van der Waals surface area contributed by atoms with E-state index in [-0.39, 0.29) is 17.1 Å². The van der Waals surface area contributed by atoms with Crippen LogP contribution in [0.2, 0.25) is 0 Å². The highest BCUT2D eigenvalue weighted by molar-refractivity contribution is 6.17. The molecule has 4 nitrogen and oxygen atoms in total. The van der Waals surface area contributed by atoms with E-state index >= 15 is 0 Å². The number of alkyl halides is 1. The third-order valence-electron chi connectivity index (χ3n) is 1.42. The second kappa shape index (κ2) is 3.40. The number of aromatic carboxylic acids is 1. The SMILES string of the molecule is O=C(O)c1ccc[n+]([O-])c1CCl. The molecule has 0 saturated heterocycles. The normalized spacial score (nSPS) is 9.75. The van der Waals surface area contributed by atoms with Gasteiger partial charge in [0.2, 0.25) is 5.69 Å². The van der Waals surface area contributed by atoms with Crippen molar-refractivity contribution in [3.63, 3.8) is 0 Å². The van der Waals surface area contributed by atoms with E-state index in [9.17, 15) is 10.0 Å². The smallest absolute Gasteiger partial charge is 0.342 e. The lowest BCUT2D eigenvalue weighted by Crippen LogP contribution is -2.32. The summed E-state index contributed by atoms with van der Waals surface area (Å²) < 4.78 is 0.455. The van der Waals surface area contributed by atoms with Gasteiger partial charge in [0, 0.05) is 6.07 Å². The molecular weight excluding hydrogens is 182 g/mol. The molecule has 0 spiro atoms. The fourth-order valence-electron chi connectivity index (χ4n) is 0.848. The quantitative estimate of drug-likeness (QED) is 0.422. The van der Waals surface area contributed by atoms with E-state index < -0.39 is 5.97 Å². The number of nitrogens with zero attached hydrogens (tertiary/aromatic N) is 1. The number of halogens is 1. The number of carbonyl (C=O) groups is 1. The number of hydrogen-bond acceptors (Lipinski definition) is 2. The molecule has 0 aromatic carbocycles. The second-order valence-electron chi connectivity index (χ2n) is 2.13. The summed E-state index contributed by atoms with van der Waals surface area (Å²) in [4.78, 5) is 10.5. The molecule has 0 atom stereocenters. The Morgan fingerprint density at radius 1 is 1.75 bits per heavy atom. The lowest BCUT2D eigenvalue weighted by molar-refractivity contribution is -0.613. The van der Waals surface area contributed by atoms with Gasteiger partial charge >= 0.3 is 5.97 Å². The zero-order valence-electron chi connectivity index (χ0n) is 6.03. The van der Waals surface area contributed by atoms with E-state index in [0.717, 1.165) is 0 Å². The summed E-state index contributed by atoms with van der Waals surface area (Å²) in [7, 11) is 0. The molecule has 12 heavy (non-hydrogen) atoms. The molecule has 0 bridgehead atoms. The van der Waals surface area contributed by atoms with Gasteiger partial charge in [0.05, 0.1) is 0 Å². The number of carboxylic acid groups (broad SMARTS) is 1. The Hall–Kier alpha value is -1.29. The Morgan fingerprint density at radius 3 is 2.83 bits per heavy atom. The molecule has 5 heteroatoms. The second-order valence-corrected chi connectivity index (χ2v) is 2.40. The van der Waals surface area contributed by atoms with Gasteiger partial charge in [0.25, 0.3) is 0 Å². The van der Waals surface area contributed by atoms with Gasteiger partial charge in [0.1, 0.15) is 11.4 Å². The van der Waals surface area contributed by atoms with Crippen molar-refractivity contribution in [2.45, 2.75) is 5.88 Å². The summed E-state index contributed by atoms with van der Waals surface area (Å²) in [5.74, 6) is -1.25. The maximum atomic E-state index is 10.9. The van der Waals surface area contributed by atoms with Crippen LogP contribution in [0.1, 0.15) is 16.1 Å². The minimum atomic E-state index is -1.14. The topological polar surface area (TPSA) is 64.2 Å². The predicted molar refractivity (Wildman–Crippen MR) is 41.9 cm³/mol. The Bertz CT molecular complexity index is 314. The molecule has 0 radical (unpaired) electrons. The standard InChI is InChI=1S/C7H6ClNO3/c8-4-6-5(7(10)11)2-1-3-9(6)12/h1-3H,4H2,(H,10,11). The monoisotopic (exact) mass is 187 g/mol. The molecule has 0 amide bonds. The first kappa shape index (κ1) is 8.80. The van der Waals surface area contributed by atoms with Crippen LogP contribution in [0.3, 0.4) is 0 Å². The number of aromatic nitrogens is 1. The first-order valence-corrected chi connectivity index (χ1v) is 3.70. The van der Waals surface area contributed by atoms with Crippen LogP contribution in [0, 0.1) is 5.21 Å². The van der Waals surface area contributed by atoms with Crippen molar-refractivity contribution in [2.75, 3.05) is 0 Å². The maximum absolute atomic E-state index is 10.9. The summed E-state index contributed by atoms with van der Waals surface area (Å²) in [6.07, 6.45) is 1.21. The minimum Gasteiger partial charge on any atom is -0.618 e. The fourth-order valence-corrected chi connectivity index (χ4v) is 1.11. The zero-order chi connectivity index (χ0) is 9.14. The molecule has 0 aliphatic heterocycles. The highest BCUT2D eigenvalue weighted by atomic mass is 35.5. The first-order valence-electron chi connectivity index (χ1n) is 3.17. The van der Waals surface area contributed by atoms with Crippen LogP contribution in [0.15, 0.2) is 18.3 Å². The summed E-state index contributed by atoms with van der Waals surface area (Å²) in [6, 6.07) is 2.71. The third-order valence-corrected chi connectivity index (χ3v) is 1.67. The van der Waals surface area contributed by atoms with Gasteiger partial charge < -0.3 is 10.3 Å². The van der Waals surface area contributed by atoms with E-state index in [4.69, 9.17) is 16.7 Å². The van der Waals surface area contributed by atoms with E-state index in [1.807, 2.05) is 0 Å². The molecule has 64 valence electrons. The predicted octanol–water partition coefficient (Wildman–Crippen LogP) is 0.757. The molecule has 1 aromatic rings. The minimum absolute atomic E-state index is 0.0532. The van der Waals surface area contributed by atoms with Crippen LogP contribution < -0.4 is 4.73 Å². The molecule has 0 fully saturated rings. The highest BCUT2D eigenvalue weighted by Gasteiger charge is 2.16. The van der Waals surface area contributed by atoms with Crippen LogP contribution in [-0.4, -0.2) is 11.1 Å². The zero-order valence-corrected chi connectivity index (χ0v) is 6.78. The van der Waals surface area contributed by atoms with Gasteiger partial charge in [-0.2, -0.15) is 4.73 Å². The Morgan fingerprint density at radius 2 is 2.42 bits per heavy atom. The molecule has 1 rings (SSSR count). The van der Waals surface area contributed by atoms with Gasteiger partial charge in [-0.1, -0.05) is 0 Å². The van der Waals surface area contributed by atoms with E-state index in [1.54, 1.807) is 0 Å². The third kappa shape index (κ3) is 1.48. The van der Waals surface area contributed by atoms with Gasteiger partial charge in [-0.3, -0.25) is 0 Å². The van der Waals surface area contributed by atoms with Crippen molar-refractivity contribution >= 4 is 17.6 Å². The lowest BCUT2D eigenvalue weighted by atomic mass is 10.2. The largest absolute Gasteiger partial charge is 0.618 e. The van der Waals surface area contributed by atoms with Gasteiger partial charge in [0.15, 0.2) is 6.20 Å². The summed E-state index contributed by atoms with van der Waals surface area (Å²) in [5.41, 5.74) is 0.00849. The highest BCUT2D eigenvalue weighted by Crippen LogP contribution is 2.05. The van der Waals surface area contributed by atoms with E-state index in [0.29, 0.717) is 4.73 Å². The molecule has 1 heterocycles. The van der Waals surface area contributed by atoms with Gasteiger partial charge in [-0.05, 0) is 6.07 Å². The molecule has 0 unspecified atom stereocenters. The van der Waals surface area contributed by atoms with Crippen molar-refractivity contribution in [1.82, 2.24) is 0 Å². The average molecular weight is 188 g/mol. The Balaban J connectivity index is 3.27. The summed E-state index contributed by atoms with van der Waals surface area (Å²) >= 11 is 5.40. The van der Waals surface area contributed by atoms with Crippen LogP contribution >= 0.6 is 11.6 Å². The molecule has 1 N–H and O–H groups in total. The van der Waals surface area contributed by atoms with Crippen molar-refractivity contribution in [2.24, 2.45) is 0 Å². The number of rotatable bonds is 2. The molecule has 0 aliphatic carbocycles. The van der Waals surface area contributed by atoms with Crippen LogP contribution in [0.25, 0.3) is 0 Å². The molecular formula is C7H6ClNO3. The lowest BCUT2D eigenvalue weighted by Gasteiger charge is -2.03. The van der Waals surface area contributed by atoms with Crippen LogP contribution in [0.5, 0.6) is 0 Å². The Kier molecular flexibility index (Phi) is 2.50. The van der Waals surface area contributed by atoms with Crippen molar-refractivity contribution < 1.29 is 14.6 Å². The first-order chi connectivity index (χ1) is 5.66. The number of pyridine rings is 1. The summed E-state index contributed by atoms with van der Waals surface area (Å²) in [5, 5.41) is 19.6. The van der Waals surface area contributed by atoms with Crippen molar-refractivity contribution in [3.8, 4) is 0 Å². The molecule has 0 saturated carbocycles. The van der Waals surface area contributed by atoms with Gasteiger partial charge in [-0.25, -0.2) is 4.79 Å². The van der Waals surface area contributed by atoms with Crippen LogP contribution in [0.4, 0.5) is 0 Å². The van der Waals surface area contributed by atoms with E-state index in [1.165, 1.54) is 18.3 Å². The van der Waals surface area contributed by atoms with Crippen molar-refractivity contribution in [1.29, 1.82) is 0 Å². The summed E-state index contributed by atoms with van der Waals surface area (Å²) in [6.45, 7) is 0. The molecule has 1 aromatic heterocycles. The average Bonchev–Trinajstić information content (AvgIpc) is 2.03. The van der Waals surface area contributed by atoms with Crippen LogP contribution in [-0.2, 0) is 5.88 Å². The fraction of sp³-hybridized carbons (Fsp3) is 0.143. The maximum Gasteiger partial charge on any atom is 0.342 e. The van der Waals surface area contributed by atoms with Gasteiger partial charge in [-0.15, -0.1) is 11.6 Å². The van der Waals surface area contributed by atoms with Crippen molar-refractivity contribution in [3.05, 3.63) is 34.8 Å². The number of hydrogen-bond donors (Lipinski definition) is 1. The Labute approximate surface area is 73.6 Å². The number of carboxylic acids is 1. The molecule has 0 aliphatic rings. The van der Waals surface area contributed by atoms with E-state index in [2.05, 4.69) is 0 Å².